The average Bonchev–Trinajstić information content (AvgIpc) is 2.63. The van der Waals surface area contributed by atoms with Crippen molar-refractivity contribution in [3.05, 3.63) is 23.8 Å². The summed E-state index contributed by atoms with van der Waals surface area (Å²) in [6.45, 7) is 12.9. The van der Waals surface area contributed by atoms with Crippen LogP contribution in [0.1, 0.15) is 92.1 Å². The van der Waals surface area contributed by atoms with Crippen LogP contribution in [0.2, 0.25) is 0 Å². The summed E-state index contributed by atoms with van der Waals surface area (Å²) < 4.78 is 34.0. The van der Waals surface area contributed by atoms with E-state index >= 15 is 0 Å². The third-order valence-electron chi connectivity index (χ3n) is 5.14. The Morgan fingerprint density at radius 1 is 0.967 bits per heavy atom. The molecule has 0 aliphatic carbocycles. The van der Waals surface area contributed by atoms with Crippen LogP contribution in [0.15, 0.2) is 23.1 Å². The third kappa shape index (κ3) is 9.36. The Bertz CT molecular complexity index is 736. The van der Waals surface area contributed by atoms with E-state index in [1.54, 1.807) is 12.1 Å². The van der Waals surface area contributed by atoms with Gasteiger partial charge in [0.1, 0.15) is 10.6 Å². The highest BCUT2D eigenvalue weighted by molar-refractivity contribution is 7.89. The van der Waals surface area contributed by atoms with Crippen LogP contribution >= 0.6 is 0 Å². The highest BCUT2D eigenvalue weighted by atomic mass is 32.2. The van der Waals surface area contributed by atoms with Crippen LogP contribution in [-0.2, 0) is 20.5 Å². The van der Waals surface area contributed by atoms with E-state index in [4.69, 9.17) is 4.74 Å². The van der Waals surface area contributed by atoms with Crippen LogP contribution < -0.4 is 9.46 Å². The van der Waals surface area contributed by atoms with E-state index in [0.29, 0.717) is 12.4 Å². The number of rotatable bonds is 14. The summed E-state index contributed by atoms with van der Waals surface area (Å²) in [5.41, 5.74) is 0.863. The van der Waals surface area contributed by atoms with E-state index in [1.165, 1.54) is 25.7 Å². The molecule has 0 atom stereocenters. The van der Waals surface area contributed by atoms with Crippen LogP contribution in [-0.4, -0.2) is 28.2 Å². The van der Waals surface area contributed by atoms with E-state index in [2.05, 4.69) is 46.3 Å². The molecule has 0 bridgehead atoms. The van der Waals surface area contributed by atoms with E-state index in [9.17, 15) is 13.5 Å². The molecule has 0 saturated carbocycles. The second kappa shape index (κ2) is 12.1. The van der Waals surface area contributed by atoms with Gasteiger partial charge in [-0.25, -0.2) is 18.2 Å². The molecule has 6 heteroatoms. The molecule has 1 N–H and O–H groups in total. The smallest absolute Gasteiger partial charge is 0.244 e. The van der Waals surface area contributed by atoms with Crippen molar-refractivity contribution in [2.45, 2.75) is 96.8 Å². The number of hydrogen-bond acceptors (Lipinski definition) is 3. The summed E-state index contributed by atoms with van der Waals surface area (Å²) >= 11 is 0. The number of nitrogens with one attached hydrogen (secondary N) is 1. The van der Waals surface area contributed by atoms with Crippen molar-refractivity contribution in [2.24, 2.45) is 5.41 Å². The third-order valence-corrected chi connectivity index (χ3v) is 6.62. The van der Waals surface area contributed by atoms with E-state index < -0.39 is 16.6 Å². The Morgan fingerprint density at radius 3 is 2.20 bits per heavy atom. The Hall–Kier alpha value is -1.11. The molecular formula is C24H42NO4S. The number of unbranched alkanes of at least 4 members (excludes halogenated alkanes) is 5. The van der Waals surface area contributed by atoms with Gasteiger partial charge in [-0.1, -0.05) is 79.7 Å². The maximum absolute atomic E-state index is 12.9. The van der Waals surface area contributed by atoms with Gasteiger partial charge in [-0.3, -0.25) is 0 Å². The largest absolute Gasteiger partial charge is 0.492 e. The molecule has 30 heavy (non-hydrogen) atoms. The van der Waals surface area contributed by atoms with Crippen LogP contribution in [0, 0.1) is 5.41 Å². The highest BCUT2D eigenvalue weighted by Gasteiger charge is 2.30. The Labute approximate surface area is 184 Å². The van der Waals surface area contributed by atoms with Gasteiger partial charge in [-0.15, -0.1) is 0 Å². The first kappa shape index (κ1) is 26.9. The molecule has 1 aromatic rings. The molecule has 0 aromatic heterocycles. The van der Waals surface area contributed by atoms with Crippen molar-refractivity contribution in [3.63, 3.8) is 0 Å². The van der Waals surface area contributed by atoms with Gasteiger partial charge in [0.05, 0.1) is 13.2 Å². The predicted octanol–water partition coefficient (Wildman–Crippen LogP) is 5.85. The molecular weight excluding hydrogens is 398 g/mol. The van der Waals surface area contributed by atoms with E-state index in [1.807, 2.05) is 6.07 Å². The molecule has 0 saturated heterocycles. The molecule has 1 aromatic carbocycles. The van der Waals surface area contributed by atoms with Crippen molar-refractivity contribution in [3.8, 4) is 5.75 Å². The van der Waals surface area contributed by atoms with Crippen molar-refractivity contribution in [2.75, 3.05) is 19.8 Å². The first-order chi connectivity index (χ1) is 13.9. The molecule has 0 heterocycles. The van der Waals surface area contributed by atoms with Gasteiger partial charge in [0.15, 0.2) is 0 Å². The van der Waals surface area contributed by atoms with E-state index in [0.717, 1.165) is 24.8 Å². The number of ether oxygens (including phenoxy) is 1. The summed E-state index contributed by atoms with van der Waals surface area (Å²) in [5.74, 6) is 0.359. The molecule has 173 valence electrons. The Morgan fingerprint density at radius 2 is 1.60 bits per heavy atom. The fourth-order valence-electron chi connectivity index (χ4n) is 4.00. The molecule has 1 radical (unpaired) electrons. The van der Waals surface area contributed by atoms with Crippen molar-refractivity contribution < 1.29 is 18.3 Å². The summed E-state index contributed by atoms with van der Waals surface area (Å²) in [7, 11) is -3.81. The van der Waals surface area contributed by atoms with Crippen LogP contribution in [0.3, 0.4) is 0 Å². The average molecular weight is 441 g/mol. The Kier molecular flexibility index (Phi) is 10.8. The zero-order valence-corrected chi connectivity index (χ0v) is 20.7. The summed E-state index contributed by atoms with van der Waals surface area (Å²) in [5, 5.41) is 10.8. The summed E-state index contributed by atoms with van der Waals surface area (Å²) in [6, 6.07) is 5.45. The topological polar surface area (TPSA) is 75.3 Å². The monoisotopic (exact) mass is 440 g/mol. The van der Waals surface area contributed by atoms with Crippen LogP contribution in [0.5, 0.6) is 5.75 Å². The molecule has 0 amide bonds. The van der Waals surface area contributed by atoms with Crippen molar-refractivity contribution in [1.82, 2.24) is 4.72 Å². The fourth-order valence-corrected chi connectivity index (χ4v) is 5.19. The number of hydrogen-bond donors (Lipinski definition) is 1. The zero-order chi connectivity index (χ0) is 22.8. The van der Waals surface area contributed by atoms with E-state index in [-0.39, 0.29) is 22.3 Å². The molecule has 1 rings (SSSR count). The van der Waals surface area contributed by atoms with Crippen molar-refractivity contribution in [1.29, 1.82) is 0 Å². The first-order valence-corrected chi connectivity index (χ1v) is 12.8. The minimum Gasteiger partial charge on any atom is -0.492 e. The molecule has 0 fully saturated rings. The van der Waals surface area contributed by atoms with Gasteiger partial charge >= 0.3 is 0 Å². The molecule has 5 nitrogen and oxygen atoms in total. The summed E-state index contributed by atoms with van der Waals surface area (Å²) in [4.78, 5) is 0.126. The molecule has 0 aliphatic heterocycles. The lowest BCUT2D eigenvalue weighted by atomic mass is 9.72. The lowest BCUT2D eigenvalue weighted by Gasteiger charge is -2.33. The second-order valence-corrected chi connectivity index (χ2v) is 11.7. The molecule has 0 unspecified atom stereocenters. The van der Waals surface area contributed by atoms with Gasteiger partial charge < -0.3 is 4.74 Å². The normalized spacial score (nSPS) is 12.9. The first-order valence-electron chi connectivity index (χ1n) is 11.3. The molecule has 0 aliphatic rings. The van der Waals surface area contributed by atoms with Gasteiger partial charge in [0.2, 0.25) is 10.0 Å². The van der Waals surface area contributed by atoms with Gasteiger partial charge in [0, 0.05) is 6.54 Å². The lowest BCUT2D eigenvalue weighted by molar-refractivity contribution is 0.199. The van der Waals surface area contributed by atoms with Gasteiger partial charge in [-0.2, -0.15) is 0 Å². The second-order valence-electron chi connectivity index (χ2n) is 10.0. The summed E-state index contributed by atoms with van der Waals surface area (Å²) in [6.07, 6.45) is 7.75. The number of benzene rings is 1. The molecule has 0 spiro atoms. The zero-order valence-electron chi connectivity index (χ0n) is 19.8. The predicted molar refractivity (Wildman–Crippen MR) is 123 cm³/mol. The number of sulfonamides is 1. The standard InChI is InChI=1S/C24H42NO4S/c1-7-8-9-10-11-12-17-29-21-14-13-20(24(5,6)19-23(2,3)4)18-22(21)30(27,28)25-15-16-26/h13-14,18,25H,7-12,15-17,19H2,1-6H3. The Balaban J connectivity index is 3.04. The highest BCUT2D eigenvalue weighted by Crippen LogP contribution is 2.38. The van der Waals surface area contributed by atoms with Crippen LogP contribution in [0.4, 0.5) is 0 Å². The fraction of sp³-hybridized carbons (Fsp3) is 0.750. The van der Waals surface area contributed by atoms with Gasteiger partial charge in [-0.05, 0) is 41.4 Å². The van der Waals surface area contributed by atoms with Crippen LogP contribution in [0.25, 0.3) is 0 Å². The quantitative estimate of drug-likeness (QED) is 0.369. The SMILES string of the molecule is CCCCCCCCOc1ccc(C(C)(C)CC(C)(C)C)cc1S(=O)(=O)NCC[O]. The minimum absolute atomic E-state index is 0.107. The minimum atomic E-state index is -3.81. The maximum atomic E-state index is 12.9. The lowest BCUT2D eigenvalue weighted by Crippen LogP contribution is -2.28. The maximum Gasteiger partial charge on any atom is 0.244 e. The van der Waals surface area contributed by atoms with Gasteiger partial charge in [0.25, 0.3) is 0 Å². The van der Waals surface area contributed by atoms with Crippen molar-refractivity contribution >= 4 is 10.0 Å².